The molecule has 0 radical (unpaired) electrons. The van der Waals surface area contributed by atoms with Gasteiger partial charge in [-0.15, -0.1) is 0 Å². The summed E-state index contributed by atoms with van der Waals surface area (Å²) in [5.74, 6) is -0.646. The second kappa shape index (κ2) is 6.96. The van der Waals surface area contributed by atoms with Gasteiger partial charge in [0.15, 0.2) is 0 Å². The fraction of sp³-hybridized carbons (Fsp3) is 0.267. The molecule has 0 saturated carbocycles. The van der Waals surface area contributed by atoms with E-state index in [1.807, 2.05) is 0 Å². The second-order valence-corrected chi connectivity index (χ2v) is 7.07. The number of rotatable bonds is 5. The number of ether oxygens (including phenoxy) is 1. The Balaban J connectivity index is 2.50. The average molecular weight is 378 g/mol. The standard InChI is InChI=1S/C15H14F4N2O3S/c1-21(25(22,23)13-7-11(16)8-20-9-13)14(15(17,18)19)10-3-5-12(24-2)6-4-10/h3-9,14H,1-2H3. The van der Waals surface area contributed by atoms with Crippen LogP contribution < -0.4 is 4.74 Å². The van der Waals surface area contributed by atoms with E-state index in [1.54, 1.807) is 0 Å². The molecule has 2 rings (SSSR count). The lowest BCUT2D eigenvalue weighted by Gasteiger charge is -2.29. The maximum Gasteiger partial charge on any atom is 0.409 e. The molecule has 0 fully saturated rings. The Morgan fingerprint density at radius 2 is 1.76 bits per heavy atom. The van der Waals surface area contributed by atoms with E-state index in [2.05, 4.69) is 4.98 Å². The summed E-state index contributed by atoms with van der Waals surface area (Å²) in [6, 6.07) is 2.97. The van der Waals surface area contributed by atoms with Crippen LogP contribution in [0.5, 0.6) is 5.75 Å². The first kappa shape index (κ1) is 19.1. The minimum atomic E-state index is -4.89. The molecule has 0 N–H and O–H groups in total. The lowest BCUT2D eigenvalue weighted by atomic mass is 10.1. The molecule has 1 atom stereocenters. The van der Waals surface area contributed by atoms with Crippen molar-refractivity contribution < 1.29 is 30.7 Å². The van der Waals surface area contributed by atoms with Crippen LogP contribution in [0.1, 0.15) is 11.6 Å². The topological polar surface area (TPSA) is 59.5 Å². The molecule has 2 aromatic rings. The molecule has 1 heterocycles. The van der Waals surface area contributed by atoms with Gasteiger partial charge in [0.1, 0.15) is 22.5 Å². The Labute approximate surface area is 141 Å². The number of aromatic nitrogens is 1. The number of benzene rings is 1. The maximum atomic E-state index is 13.5. The minimum absolute atomic E-state index is 0.144. The normalized spacial score (nSPS) is 13.7. The quantitative estimate of drug-likeness (QED) is 0.750. The number of nitrogens with zero attached hydrogens (tertiary/aromatic N) is 2. The summed E-state index contributed by atoms with van der Waals surface area (Å²) in [4.78, 5) is 2.70. The fourth-order valence-electron chi connectivity index (χ4n) is 2.23. The summed E-state index contributed by atoms with van der Waals surface area (Å²) < 4.78 is 83.8. The van der Waals surface area contributed by atoms with Crippen LogP contribution in [0.2, 0.25) is 0 Å². The van der Waals surface area contributed by atoms with Crippen molar-refractivity contribution in [2.45, 2.75) is 17.1 Å². The van der Waals surface area contributed by atoms with E-state index in [0.29, 0.717) is 11.8 Å². The van der Waals surface area contributed by atoms with Crippen LogP contribution in [0, 0.1) is 5.82 Å². The zero-order valence-corrected chi connectivity index (χ0v) is 14.0. The molecule has 0 saturated heterocycles. The molecule has 0 aliphatic heterocycles. The van der Waals surface area contributed by atoms with Crippen LogP contribution in [0.4, 0.5) is 17.6 Å². The zero-order valence-electron chi connectivity index (χ0n) is 13.2. The minimum Gasteiger partial charge on any atom is -0.497 e. The van der Waals surface area contributed by atoms with E-state index < -0.39 is 33.0 Å². The van der Waals surface area contributed by atoms with Crippen LogP contribution in [-0.4, -0.2) is 38.0 Å². The van der Waals surface area contributed by atoms with Gasteiger partial charge in [-0.05, 0) is 23.8 Å². The number of alkyl halides is 3. The van der Waals surface area contributed by atoms with Crippen molar-refractivity contribution in [1.82, 2.24) is 9.29 Å². The summed E-state index contributed by atoms with van der Waals surface area (Å²) in [7, 11) is -2.50. The number of hydrogen-bond donors (Lipinski definition) is 0. The molecule has 1 unspecified atom stereocenters. The van der Waals surface area contributed by atoms with E-state index in [-0.39, 0.29) is 9.87 Å². The zero-order chi connectivity index (χ0) is 18.8. The largest absolute Gasteiger partial charge is 0.497 e. The van der Waals surface area contributed by atoms with E-state index in [4.69, 9.17) is 4.74 Å². The van der Waals surface area contributed by atoms with Crippen molar-refractivity contribution in [1.29, 1.82) is 0 Å². The van der Waals surface area contributed by atoms with Gasteiger partial charge >= 0.3 is 6.18 Å². The fourth-order valence-corrected chi connectivity index (χ4v) is 3.54. The van der Waals surface area contributed by atoms with Crippen molar-refractivity contribution in [2.24, 2.45) is 0 Å². The van der Waals surface area contributed by atoms with Gasteiger partial charge < -0.3 is 4.74 Å². The highest BCUT2D eigenvalue weighted by Gasteiger charge is 2.47. The number of pyridine rings is 1. The van der Waals surface area contributed by atoms with Gasteiger partial charge in [0, 0.05) is 13.2 Å². The smallest absolute Gasteiger partial charge is 0.409 e. The Kier molecular flexibility index (Phi) is 5.33. The monoisotopic (exact) mass is 378 g/mol. The van der Waals surface area contributed by atoms with Crippen molar-refractivity contribution in [2.75, 3.05) is 14.2 Å². The Morgan fingerprint density at radius 1 is 1.16 bits per heavy atom. The number of hydrogen-bond acceptors (Lipinski definition) is 4. The van der Waals surface area contributed by atoms with Crippen LogP contribution in [-0.2, 0) is 10.0 Å². The lowest BCUT2D eigenvalue weighted by molar-refractivity contribution is -0.171. The highest BCUT2D eigenvalue weighted by atomic mass is 32.2. The van der Waals surface area contributed by atoms with Gasteiger partial charge in [-0.25, -0.2) is 12.8 Å². The van der Waals surface area contributed by atoms with Crippen LogP contribution in [0.3, 0.4) is 0 Å². The number of halogens is 4. The van der Waals surface area contributed by atoms with Crippen LogP contribution in [0.15, 0.2) is 47.6 Å². The predicted octanol–water partition coefficient (Wildman–Crippen LogP) is 3.15. The number of methoxy groups -OCH3 is 1. The maximum absolute atomic E-state index is 13.5. The van der Waals surface area contributed by atoms with Gasteiger partial charge in [0.05, 0.1) is 13.3 Å². The third-order valence-electron chi connectivity index (χ3n) is 3.46. The molecular formula is C15H14F4N2O3S. The van der Waals surface area contributed by atoms with E-state index in [0.717, 1.165) is 31.6 Å². The Morgan fingerprint density at radius 3 is 2.24 bits per heavy atom. The lowest BCUT2D eigenvalue weighted by Crippen LogP contribution is -2.39. The molecule has 1 aromatic carbocycles. The highest BCUT2D eigenvalue weighted by Crippen LogP contribution is 2.40. The molecule has 25 heavy (non-hydrogen) atoms. The van der Waals surface area contributed by atoms with Gasteiger partial charge in [-0.2, -0.15) is 17.5 Å². The molecule has 5 nitrogen and oxygen atoms in total. The highest BCUT2D eigenvalue weighted by molar-refractivity contribution is 7.89. The predicted molar refractivity (Wildman–Crippen MR) is 80.9 cm³/mol. The molecule has 136 valence electrons. The molecule has 0 aliphatic rings. The summed E-state index contributed by atoms with van der Waals surface area (Å²) in [5.41, 5.74) is -0.302. The first-order valence-electron chi connectivity index (χ1n) is 6.86. The molecule has 0 bridgehead atoms. The molecular weight excluding hydrogens is 364 g/mol. The van der Waals surface area contributed by atoms with Gasteiger partial charge in [-0.3, -0.25) is 4.98 Å². The van der Waals surface area contributed by atoms with Crippen molar-refractivity contribution in [3.8, 4) is 5.75 Å². The van der Waals surface area contributed by atoms with Gasteiger partial charge in [0.2, 0.25) is 10.0 Å². The van der Waals surface area contributed by atoms with E-state index in [9.17, 15) is 26.0 Å². The van der Waals surface area contributed by atoms with Crippen LogP contribution in [0.25, 0.3) is 0 Å². The third kappa shape index (κ3) is 4.07. The summed E-state index contributed by atoms with van der Waals surface area (Å²) in [6.07, 6.45) is -3.35. The summed E-state index contributed by atoms with van der Waals surface area (Å²) in [5, 5.41) is 0. The van der Waals surface area contributed by atoms with Crippen molar-refractivity contribution in [3.05, 3.63) is 54.1 Å². The first-order valence-corrected chi connectivity index (χ1v) is 8.30. The van der Waals surface area contributed by atoms with Crippen molar-refractivity contribution >= 4 is 10.0 Å². The molecule has 1 aromatic heterocycles. The SMILES string of the molecule is COc1ccc(C(N(C)S(=O)(=O)c2cncc(F)c2)C(F)(F)F)cc1. The summed E-state index contributed by atoms with van der Waals surface area (Å²) >= 11 is 0. The Hall–Kier alpha value is -2.20. The molecule has 0 amide bonds. The number of sulfonamides is 1. The van der Waals surface area contributed by atoms with Gasteiger partial charge in [-0.1, -0.05) is 12.1 Å². The first-order chi connectivity index (χ1) is 11.6. The van der Waals surface area contributed by atoms with Crippen molar-refractivity contribution in [3.63, 3.8) is 0 Å². The third-order valence-corrected chi connectivity index (χ3v) is 5.25. The molecule has 0 aliphatic carbocycles. The second-order valence-electron chi connectivity index (χ2n) is 5.08. The average Bonchev–Trinajstić information content (AvgIpc) is 2.54. The van der Waals surface area contributed by atoms with Crippen LogP contribution >= 0.6 is 0 Å². The summed E-state index contributed by atoms with van der Waals surface area (Å²) in [6.45, 7) is 0. The van der Waals surface area contributed by atoms with Gasteiger partial charge in [0.25, 0.3) is 0 Å². The Bertz CT molecular complexity index is 839. The van der Waals surface area contributed by atoms with E-state index >= 15 is 0 Å². The molecule has 10 heteroatoms. The molecule has 0 spiro atoms. The van der Waals surface area contributed by atoms with E-state index in [1.165, 1.54) is 19.2 Å².